The largest absolute Gasteiger partial charge is 0.448 e. The Bertz CT molecular complexity index is 796. The lowest BCUT2D eigenvalue weighted by Crippen LogP contribution is -2.06. The number of halogens is 5. The maximum absolute atomic E-state index is 12.7. The van der Waals surface area contributed by atoms with Crippen LogP contribution in [0.1, 0.15) is 11.1 Å². The molecule has 0 spiro atoms. The zero-order chi connectivity index (χ0) is 18.1. The summed E-state index contributed by atoms with van der Waals surface area (Å²) >= 11 is 11.7. The molecule has 0 unspecified atom stereocenters. The van der Waals surface area contributed by atoms with E-state index in [4.69, 9.17) is 27.9 Å². The van der Waals surface area contributed by atoms with Gasteiger partial charge in [0.15, 0.2) is 5.75 Å². The summed E-state index contributed by atoms with van der Waals surface area (Å²) in [6, 6.07) is 4.40. The molecule has 24 heavy (non-hydrogen) atoms. The van der Waals surface area contributed by atoms with E-state index in [1.165, 1.54) is 12.1 Å². The quantitative estimate of drug-likeness (QED) is 0.583. The van der Waals surface area contributed by atoms with Gasteiger partial charge < -0.3 is 9.84 Å². The van der Waals surface area contributed by atoms with Gasteiger partial charge in [-0.1, -0.05) is 23.2 Å². The molecule has 0 aromatic heterocycles. The van der Waals surface area contributed by atoms with E-state index >= 15 is 0 Å². The molecule has 0 aliphatic carbocycles. The van der Waals surface area contributed by atoms with Gasteiger partial charge >= 0.3 is 11.9 Å². The van der Waals surface area contributed by atoms with Crippen LogP contribution in [0.15, 0.2) is 30.3 Å². The summed E-state index contributed by atoms with van der Waals surface area (Å²) < 4.78 is 43.3. The summed E-state index contributed by atoms with van der Waals surface area (Å²) in [6.07, 6.45) is -4.74. The van der Waals surface area contributed by atoms with Crippen LogP contribution in [-0.4, -0.2) is 10.0 Å². The van der Waals surface area contributed by atoms with Crippen LogP contribution in [0.4, 0.5) is 18.9 Å². The van der Waals surface area contributed by atoms with Gasteiger partial charge in [-0.25, -0.2) is 0 Å². The Morgan fingerprint density at radius 2 is 1.88 bits per heavy atom. The average molecular weight is 382 g/mol. The number of nitrogens with zero attached hydrogens (tertiary/aromatic N) is 1. The third-order valence-electron chi connectivity index (χ3n) is 2.95. The van der Waals surface area contributed by atoms with Crippen LogP contribution < -0.4 is 4.74 Å². The number of rotatable bonds is 4. The van der Waals surface area contributed by atoms with E-state index < -0.39 is 34.7 Å². The average Bonchev–Trinajstić information content (AvgIpc) is 2.48. The Morgan fingerprint density at radius 1 is 1.21 bits per heavy atom. The molecule has 0 saturated heterocycles. The van der Waals surface area contributed by atoms with Gasteiger partial charge in [0.2, 0.25) is 5.75 Å². The molecule has 10 heteroatoms. The molecule has 0 bridgehead atoms. The molecule has 2 aromatic rings. The zero-order valence-corrected chi connectivity index (χ0v) is 13.1. The third-order valence-corrected chi connectivity index (χ3v) is 3.45. The fourth-order valence-electron chi connectivity index (χ4n) is 1.88. The van der Waals surface area contributed by atoms with Gasteiger partial charge in [0, 0.05) is 16.7 Å². The van der Waals surface area contributed by atoms with Crippen molar-refractivity contribution in [3.63, 3.8) is 0 Å². The number of nitro groups is 1. The van der Waals surface area contributed by atoms with Crippen LogP contribution in [-0.2, 0) is 12.8 Å². The van der Waals surface area contributed by atoms with E-state index in [9.17, 15) is 28.4 Å². The molecular weight excluding hydrogens is 374 g/mol. The van der Waals surface area contributed by atoms with Crippen molar-refractivity contribution in [2.24, 2.45) is 0 Å². The van der Waals surface area contributed by atoms with Crippen molar-refractivity contribution < 1.29 is 27.9 Å². The summed E-state index contributed by atoms with van der Waals surface area (Å²) in [5.74, 6) is -0.585. The first-order valence-corrected chi connectivity index (χ1v) is 7.01. The highest BCUT2D eigenvalue weighted by Crippen LogP contribution is 2.41. The minimum Gasteiger partial charge on any atom is -0.448 e. The zero-order valence-electron chi connectivity index (χ0n) is 11.6. The molecular formula is C14H8Cl2F3NO4. The van der Waals surface area contributed by atoms with Crippen LogP contribution in [0.25, 0.3) is 0 Å². The first-order chi connectivity index (χ1) is 11.1. The van der Waals surface area contributed by atoms with Gasteiger partial charge in [0.1, 0.15) is 0 Å². The molecule has 2 rings (SSSR count). The second kappa shape index (κ2) is 6.84. The topological polar surface area (TPSA) is 72.6 Å². The monoisotopic (exact) mass is 381 g/mol. The number of benzene rings is 2. The third kappa shape index (κ3) is 3.89. The lowest BCUT2D eigenvalue weighted by atomic mass is 10.1. The van der Waals surface area contributed by atoms with E-state index in [0.717, 1.165) is 6.07 Å². The Morgan fingerprint density at radius 3 is 2.42 bits per heavy atom. The Hall–Kier alpha value is -2.03. The predicted molar refractivity (Wildman–Crippen MR) is 80.6 cm³/mol. The number of ether oxygens (including phenoxy) is 1. The lowest BCUT2D eigenvalue weighted by molar-refractivity contribution is -0.385. The minimum absolute atomic E-state index is 0.0549. The molecule has 0 radical (unpaired) electrons. The number of aliphatic hydroxyl groups is 1. The SMILES string of the molecule is O=[N+]([O-])c1cc(C(F)(F)F)ccc1Oc1c(Cl)cc(Cl)cc1CO. The number of alkyl halides is 3. The van der Waals surface area contributed by atoms with E-state index in [1.807, 2.05) is 0 Å². The molecule has 2 aromatic carbocycles. The number of hydrogen-bond acceptors (Lipinski definition) is 4. The van der Waals surface area contributed by atoms with Gasteiger partial charge in [-0.05, 0) is 24.3 Å². The van der Waals surface area contributed by atoms with Crippen LogP contribution in [0.3, 0.4) is 0 Å². The van der Waals surface area contributed by atoms with Crippen molar-refractivity contribution in [2.75, 3.05) is 0 Å². The second-order valence-electron chi connectivity index (χ2n) is 4.57. The Labute approximate surface area is 143 Å². The lowest BCUT2D eigenvalue weighted by Gasteiger charge is -2.13. The van der Waals surface area contributed by atoms with Crippen molar-refractivity contribution in [2.45, 2.75) is 12.8 Å². The highest BCUT2D eigenvalue weighted by Gasteiger charge is 2.33. The molecule has 0 atom stereocenters. The standard InChI is InChI=1S/C14H8Cl2F3NO4/c15-9-3-7(6-21)13(10(16)5-9)24-12-2-1-8(14(17,18)19)4-11(12)20(22)23/h1-5,21H,6H2. The highest BCUT2D eigenvalue weighted by atomic mass is 35.5. The molecule has 0 amide bonds. The van der Waals surface area contributed by atoms with Crippen molar-refractivity contribution >= 4 is 28.9 Å². The fourth-order valence-corrected chi connectivity index (χ4v) is 2.45. The number of nitro benzene ring substituents is 1. The van der Waals surface area contributed by atoms with E-state index in [2.05, 4.69) is 0 Å². The van der Waals surface area contributed by atoms with Crippen molar-refractivity contribution in [3.05, 3.63) is 61.6 Å². The van der Waals surface area contributed by atoms with Gasteiger partial charge in [-0.3, -0.25) is 10.1 Å². The van der Waals surface area contributed by atoms with E-state index in [1.54, 1.807) is 0 Å². The van der Waals surface area contributed by atoms with Crippen LogP contribution >= 0.6 is 23.2 Å². The maximum Gasteiger partial charge on any atom is 0.416 e. The summed E-state index contributed by atoms with van der Waals surface area (Å²) in [5.41, 5.74) is -1.95. The molecule has 128 valence electrons. The van der Waals surface area contributed by atoms with Crippen molar-refractivity contribution in [3.8, 4) is 11.5 Å². The summed E-state index contributed by atoms with van der Waals surface area (Å²) in [6.45, 7) is -0.538. The van der Waals surface area contributed by atoms with Gasteiger partial charge in [-0.15, -0.1) is 0 Å². The highest BCUT2D eigenvalue weighted by molar-refractivity contribution is 6.35. The van der Waals surface area contributed by atoms with Gasteiger partial charge in [0.25, 0.3) is 0 Å². The Kier molecular flexibility index (Phi) is 5.22. The van der Waals surface area contributed by atoms with Crippen LogP contribution in [0, 0.1) is 10.1 Å². The molecule has 0 heterocycles. The second-order valence-corrected chi connectivity index (χ2v) is 5.42. The normalized spacial score (nSPS) is 11.4. The van der Waals surface area contributed by atoms with Crippen molar-refractivity contribution in [1.29, 1.82) is 0 Å². The first-order valence-electron chi connectivity index (χ1n) is 6.25. The minimum atomic E-state index is -4.74. The molecule has 0 aliphatic heterocycles. The smallest absolute Gasteiger partial charge is 0.416 e. The Balaban J connectivity index is 2.53. The molecule has 5 nitrogen and oxygen atoms in total. The number of aliphatic hydroxyl groups excluding tert-OH is 1. The first kappa shape index (κ1) is 18.3. The molecule has 1 N–H and O–H groups in total. The fraction of sp³-hybridized carbons (Fsp3) is 0.143. The van der Waals surface area contributed by atoms with E-state index in [0.29, 0.717) is 12.1 Å². The van der Waals surface area contributed by atoms with Crippen LogP contribution in [0.5, 0.6) is 11.5 Å². The molecule has 0 aliphatic rings. The van der Waals surface area contributed by atoms with Gasteiger partial charge in [0.05, 0.1) is 22.1 Å². The van der Waals surface area contributed by atoms with Crippen LogP contribution in [0.2, 0.25) is 10.0 Å². The number of hydrogen-bond donors (Lipinski definition) is 1. The maximum atomic E-state index is 12.7. The molecule has 0 saturated carbocycles. The summed E-state index contributed by atoms with van der Waals surface area (Å²) in [7, 11) is 0. The van der Waals surface area contributed by atoms with Gasteiger partial charge in [-0.2, -0.15) is 13.2 Å². The van der Waals surface area contributed by atoms with E-state index in [-0.39, 0.29) is 21.4 Å². The predicted octanol–water partition coefficient (Wildman–Crippen LogP) is 5.21. The summed E-state index contributed by atoms with van der Waals surface area (Å²) in [5, 5.41) is 20.5. The molecule has 0 fully saturated rings. The summed E-state index contributed by atoms with van der Waals surface area (Å²) in [4.78, 5) is 10.0. The van der Waals surface area contributed by atoms with Crippen molar-refractivity contribution in [1.82, 2.24) is 0 Å².